The molecule has 1 fully saturated rings. The van der Waals surface area contributed by atoms with E-state index in [2.05, 4.69) is 0 Å². The van der Waals surface area contributed by atoms with Crippen LogP contribution in [-0.2, 0) is 19.1 Å². The lowest BCUT2D eigenvalue weighted by Gasteiger charge is -2.11. The fourth-order valence-electron chi connectivity index (χ4n) is 1.78. The van der Waals surface area contributed by atoms with Crippen LogP contribution in [0.3, 0.4) is 0 Å². The summed E-state index contributed by atoms with van der Waals surface area (Å²) in [4.78, 5) is 22.7. The van der Waals surface area contributed by atoms with Gasteiger partial charge in [-0.15, -0.1) is 0 Å². The normalized spacial score (nSPS) is 18.0. The Kier molecular flexibility index (Phi) is 4.04. The maximum Gasteiger partial charge on any atom is 0.347 e. The van der Waals surface area contributed by atoms with E-state index in [1.165, 1.54) is 0 Å². The summed E-state index contributed by atoms with van der Waals surface area (Å²) < 4.78 is 15.1. The van der Waals surface area contributed by atoms with E-state index in [0.29, 0.717) is 18.8 Å². The average molecular weight is 264 g/mol. The van der Waals surface area contributed by atoms with Crippen molar-refractivity contribution in [3.8, 4) is 5.75 Å². The maximum atomic E-state index is 11.6. The van der Waals surface area contributed by atoms with E-state index in [1.807, 2.05) is 32.0 Å². The summed E-state index contributed by atoms with van der Waals surface area (Å²) in [5, 5.41) is 0. The molecule has 5 nitrogen and oxygen atoms in total. The van der Waals surface area contributed by atoms with Crippen molar-refractivity contribution < 1.29 is 23.8 Å². The number of benzene rings is 1. The second-order valence-corrected chi connectivity index (χ2v) is 4.49. The molecule has 0 aromatic heterocycles. The van der Waals surface area contributed by atoms with E-state index < -0.39 is 18.0 Å². The van der Waals surface area contributed by atoms with E-state index >= 15 is 0 Å². The van der Waals surface area contributed by atoms with Gasteiger partial charge in [0.1, 0.15) is 5.75 Å². The van der Waals surface area contributed by atoms with Crippen LogP contribution in [0.25, 0.3) is 0 Å². The molecule has 102 valence electrons. The van der Waals surface area contributed by atoms with Crippen LogP contribution < -0.4 is 4.74 Å². The van der Waals surface area contributed by atoms with Gasteiger partial charge in [0, 0.05) is 6.42 Å². The minimum Gasteiger partial charge on any atom is -0.482 e. The number of rotatable bonds is 4. The SMILES string of the molecule is Cc1ccc(C)c(OCC(=O)OC2CCOC2=O)c1. The molecule has 0 radical (unpaired) electrons. The van der Waals surface area contributed by atoms with Gasteiger partial charge < -0.3 is 14.2 Å². The van der Waals surface area contributed by atoms with Crippen molar-refractivity contribution in [1.29, 1.82) is 0 Å². The topological polar surface area (TPSA) is 61.8 Å². The number of carbonyl (C=O) groups excluding carboxylic acids is 2. The zero-order chi connectivity index (χ0) is 13.8. The van der Waals surface area contributed by atoms with Crippen molar-refractivity contribution in [1.82, 2.24) is 0 Å². The Bertz CT molecular complexity index is 495. The number of cyclic esters (lactones) is 1. The summed E-state index contributed by atoms with van der Waals surface area (Å²) in [5.41, 5.74) is 1.99. The summed E-state index contributed by atoms with van der Waals surface area (Å²) in [7, 11) is 0. The fraction of sp³-hybridized carbons (Fsp3) is 0.429. The van der Waals surface area contributed by atoms with Gasteiger partial charge >= 0.3 is 11.9 Å². The van der Waals surface area contributed by atoms with Gasteiger partial charge in [0.05, 0.1) is 6.61 Å². The molecule has 1 aromatic rings. The highest BCUT2D eigenvalue weighted by atomic mass is 16.6. The van der Waals surface area contributed by atoms with Crippen molar-refractivity contribution in [2.75, 3.05) is 13.2 Å². The van der Waals surface area contributed by atoms with Gasteiger partial charge in [-0.05, 0) is 31.0 Å². The van der Waals surface area contributed by atoms with E-state index in [9.17, 15) is 9.59 Å². The zero-order valence-corrected chi connectivity index (χ0v) is 11.0. The third-order valence-electron chi connectivity index (χ3n) is 2.85. The standard InChI is InChI=1S/C14H16O5/c1-9-3-4-10(2)12(7-9)18-8-13(15)19-11-5-6-17-14(11)16/h3-4,7,11H,5-6,8H2,1-2H3. The van der Waals surface area contributed by atoms with Gasteiger partial charge in [0.15, 0.2) is 6.61 Å². The predicted octanol–water partition coefficient (Wildman–Crippen LogP) is 1.54. The Labute approximate surface area is 111 Å². The number of ether oxygens (including phenoxy) is 3. The molecule has 1 heterocycles. The van der Waals surface area contributed by atoms with Crippen LogP contribution in [0.5, 0.6) is 5.75 Å². The molecule has 0 saturated carbocycles. The first-order valence-electron chi connectivity index (χ1n) is 6.12. The summed E-state index contributed by atoms with van der Waals surface area (Å²) in [6.07, 6.45) is -0.372. The van der Waals surface area contributed by atoms with Crippen molar-refractivity contribution in [3.05, 3.63) is 29.3 Å². The Morgan fingerprint density at radius 3 is 2.89 bits per heavy atom. The van der Waals surface area contributed by atoms with E-state index in [1.54, 1.807) is 0 Å². The minimum atomic E-state index is -0.783. The highest BCUT2D eigenvalue weighted by Crippen LogP contribution is 2.19. The van der Waals surface area contributed by atoms with Crippen LogP contribution in [0, 0.1) is 13.8 Å². The molecule has 0 bridgehead atoms. The molecule has 1 saturated heterocycles. The number of hydrogen-bond acceptors (Lipinski definition) is 5. The van der Waals surface area contributed by atoms with Crippen LogP contribution in [0.15, 0.2) is 18.2 Å². The molecular formula is C14H16O5. The summed E-state index contributed by atoms with van der Waals surface area (Å²) in [6.45, 7) is 3.93. The zero-order valence-electron chi connectivity index (χ0n) is 11.0. The first-order chi connectivity index (χ1) is 9.06. The summed E-state index contributed by atoms with van der Waals surface area (Å²) >= 11 is 0. The lowest BCUT2D eigenvalue weighted by molar-refractivity contribution is -0.161. The van der Waals surface area contributed by atoms with Crippen LogP contribution in [0.2, 0.25) is 0 Å². The molecule has 1 aromatic carbocycles. The highest BCUT2D eigenvalue weighted by Gasteiger charge is 2.30. The molecule has 1 aliphatic rings. The minimum absolute atomic E-state index is 0.214. The molecule has 1 atom stereocenters. The Hall–Kier alpha value is -2.04. The van der Waals surface area contributed by atoms with Crippen LogP contribution >= 0.6 is 0 Å². The number of carbonyl (C=O) groups is 2. The molecule has 0 spiro atoms. The summed E-state index contributed by atoms with van der Waals surface area (Å²) in [5.74, 6) is -0.407. The second kappa shape index (κ2) is 5.73. The molecule has 1 unspecified atom stereocenters. The number of esters is 2. The van der Waals surface area contributed by atoms with Gasteiger partial charge in [0.2, 0.25) is 6.10 Å². The Morgan fingerprint density at radius 2 is 2.21 bits per heavy atom. The van der Waals surface area contributed by atoms with Gasteiger partial charge in [-0.3, -0.25) is 0 Å². The lowest BCUT2D eigenvalue weighted by atomic mass is 10.1. The molecule has 5 heteroatoms. The van der Waals surface area contributed by atoms with Crippen molar-refractivity contribution in [3.63, 3.8) is 0 Å². The van der Waals surface area contributed by atoms with E-state index in [4.69, 9.17) is 14.2 Å². The Morgan fingerprint density at radius 1 is 1.42 bits per heavy atom. The largest absolute Gasteiger partial charge is 0.482 e. The van der Waals surface area contributed by atoms with Crippen LogP contribution in [-0.4, -0.2) is 31.3 Å². The van der Waals surface area contributed by atoms with E-state index in [0.717, 1.165) is 11.1 Å². The molecule has 19 heavy (non-hydrogen) atoms. The van der Waals surface area contributed by atoms with Crippen molar-refractivity contribution >= 4 is 11.9 Å². The quantitative estimate of drug-likeness (QED) is 0.772. The third-order valence-corrected chi connectivity index (χ3v) is 2.85. The molecule has 2 rings (SSSR count). The predicted molar refractivity (Wildman–Crippen MR) is 66.9 cm³/mol. The van der Waals surface area contributed by atoms with Crippen LogP contribution in [0.1, 0.15) is 17.5 Å². The van der Waals surface area contributed by atoms with Crippen LogP contribution in [0.4, 0.5) is 0 Å². The van der Waals surface area contributed by atoms with Gasteiger partial charge in [-0.1, -0.05) is 12.1 Å². The monoisotopic (exact) mass is 264 g/mol. The van der Waals surface area contributed by atoms with Gasteiger partial charge in [-0.2, -0.15) is 0 Å². The van der Waals surface area contributed by atoms with E-state index in [-0.39, 0.29) is 6.61 Å². The molecular weight excluding hydrogens is 248 g/mol. The Balaban J connectivity index is 1.86. The molecule has 0 aliphatic carbocycles. The molecule has 0 N–H and O–H groups in total. The number of hydrogen-bond donors (Lipinski definition) is 0. The van der Waals surface area contributed by atoms with Crippen molar-refractivity contribution in [2.24, 2.45) is 0 Å². The first kappa shape index (κ1) is 13.4. The van der Waals surface area contributed by atoms with Gasteiger partial charge in [0.25, 0.3) is 0 Å². The molecule has 0 amide bonds. The van der Waals surface area contributed by atoms with Gasteiger partial charge in [-0.25, -0.2) is 9.59 Å². The number of aryl methyl sites for hydroxylation is 2. The molecule has 1 aliphatic heterocycles. The first-order valence-corrected chi connectivity index (χ1v) is 6.12. The smallest absolute Gasteiger partial charge is 0.347 e. The average Bonchev–Trinajstić information content (AvgIpc) is 2.76. The fourth-order valence-corrected chi connectivity index (χ4v) is 1.78. The van der Waals surface area contributed by atoms with Crippen molar-refractivity contribution in [2.45, 2.75) is 26.4 Å². The highest BCUT2D eigenvalue weighted by molar-refractivity contribution is 5.81. The second-order valence-electron chi connectivity index (χ2n) is 4.49. The summed E-state index contributed by atoms with van der Waals surface area (Å²) in [6, 6.07) is 5.74. The maximum absolute atomic E-state index is 11.6. The third kappa shape index (κ3) is 3.47. The lowest BCUT2D eigenvalue weighted by Crippen LogP contribution is -2.26.